The molecule has 4 heteroatoms. The number of rotatable bonds is 2. The molecule has 0 aliphatic heterocycles. The lowest BCUT2D eigenvalue weighted by molar-refractivity contribution is -0.117. The van der Waals surface area contributed by atoms with Crippen LogP contribution in [0.15, 0.2) is 18.2 Å². The van der Waals surface area contributed by atoms with Crippen LogP contribution in [0.1, 0.15) is 13.3 Å². The van der Waals surface area contributed by atoms with Crippen LogP contribution in [0.4, 0.5) is 5.69 Å². The second kappa shape index (κ2) is 4.03. The Hall–Kier alpha value is -0.730. The number of amides is 1. The van der Waals surface area contributed by atoms with Gasteiger partial charge in [0.05, 0.1) is 10.7 Å². The number of benzene rings is 1. The van der Waals surface area contributed by atoms with Gasteiger partial charge in [0, 0.05) is 10.9 Å². The fraction of sp³-hybridized carbons (Fsp3) is 0.364. The van der Waals surface area contributed by atoms with Gasteiger partial charge in [0.15, 0.2) is 0 Å². The molecular formula is C11H11Cl2NO. The van der Waals surface area contributed by atoms with Gasteiger partial charge in [-0.3, -0.25) is 4.79 Å². The minimum absolute atomic E-state index is 0.0479. The zero-order chi connectivity index (χ0) is 11.0. The van der Waals surface area contributed by atoms with Crippen molar-refractivity contribution in [3.8, 4) is 0 Å². The summed E-state index contributed by atoms with van der Waals surface area (Å²) in [4.78, 5) is 11.6. The molecule has 2 atom stereocenters. The molecule has 0 radical (unpaired) electrons. The number of halogens is 2. The van der Waals surface area contributed by atoms with E-state index in [1.54, 1.807) is 18.2 Å². The van der Waals surface area contributed by atoms with Crippen molar-refractivity contribution in [3.63, 3.8) is 0 Å². The van der Waals surface area contributed by atoms with E-state index in [0.29, 0.717) is 21.7 Å². The van der Waals surface area contributed by atoms with Crippen LogP contribution in [0.3, 0.4) is 0 Å². The highest BCUT2D eigenvalue weighted by Gasteiger charge is 2.39. The van der Waals surface area contributed by atoms with E-state index in [0.717, 1.165) is 6.42 Å². The summed E-state index contributed by atoms with van der Waals surface area (Å²) in [5, 5.41) is 3.84. The number of hydrogen-bond acceptors (Lipinski definition) is 1. The molecule has 1 amide bonds. The Balaban J connectivity index is 2.07. The summed E-state index contributed by atoms with van der Waals surface area (Å²) in [7, 11) is 0. The normalized spacial score (nSPS) is 23.7. The summed E-state index contributed by atoms with van der Waals surface area (Å²) in [6.07, 6.45) is 0.969. The molecule has 1 aliphatic carbocycles. The predicted octanol–water partition coefficient (Wildman–Crippen LogP) is 3.59. The lowest BCUT2D eigenvalue weighted by Crippen LogP contribution is -2.14. The minimum Gasteiger partial charge on any atom is -0.325 e. The first kappa shape index (κ1) is 10.8. The van der Waals surface area contributed by atoms with Gasteiger partial charge in [-0.15, -0.1) is 0 Å². The van der Waals surface area contributed by atoms with E-state index in [9.17, 15) is 4.79 Å². The van der Waals surface area contributed by atoms with Gasteiger partial charge < -0.3 is 5.32 Å². The van der Waals surface area contributed by atoms with Crippen molar-refractivity contribution in [1.82, 2.24) is 0 Å². The van der Waals surface area contributed by atoms with Gasteiger partial charge in [-0.05, 0) is 30.5 Å². The van der Waals surface area contributed by atoms with Crippen LogP contribution in [-0.2, 0) is 4.79 Å². The number of carbonyl (C=O) groups excluding carboxylic acids is 1. The lowest BCUT2D eigenvalue weighted by Gasteiger charge is -2.06. The molecule has 80 valence electrons. The summed E-state index contributed by atoms with van der Waals surface area (Å²) in [5.41, 5.74) is 0.630. The number of carbonyl (C=O) groups is 1. The van der Waals surface area contributed by atoms with Crippen LogP contribution in [-0.4, -0.2) is 5.91 Å². The summed E-state index contributed by atoms with van der Waals surface area (Å²) in [6.45, 7) is 2.06. The minimum atomic E-state index is 0.0479. The Bertz CT molecular complexity index is 406. The Morgan fingerprint density at radius 2 is 2.13 bits per heavy atom. The van der Waals surface area contributed by atoms with Gasteiger partial charge in [-0.2, -0.15) is 0 Å². The molecule has 1 saturated carbocycles. The molecule has 1 aromatic carbocycles. The maximum Gasteiger partial charge on any atom is 0.227 e. The third-order valence-corrected chi connectivity index (χ3v) is 3.18. The molecule has 0 aromatic heterocycles. The van der Waals surface area contributed by atoms with Crippen LogP contribution in [0, 0.1) is 11.8 Å². The first-order valence-corrected chi connectivity index (χ1v) is 5.59. The molecule has 1 fully saturated rings. The Kier molecular flexibility index (Phi) is 2.89. The van der Waals surface area contributed by atoms with Gasteiger partial charge >= 0.3 is 0 Å². The molecule has 0 bridgehead atoms. The molecule has 15 heavy (non-hydrogen) atoms. The molecule has 1 aromatic rings. The maximum atomic E-state index is 11.6. The summed E-state index contributed by atoms with van der Waals surface area (Å²) in [6, 6.07) is 5.05. The second-order valence-corrected chi connectivity index (χ2v) is 4.78. The number of anilines is 1. The molecule has 2 unspecified atom stereocenters. The van der Waals surface area contributed by atoms with Crippen molar-refractivity contribution >= 4 is 34.8 Å². The molecule has 0 heterocycles. The van der Waals surface area contributed by atoms with Gasteiger partial charge in [0.1, 0.15) is 0 Å². The molecule has 2 rings (SSSR count). The van der Waals surface area contributed by atoms with Gasteiger partial charge in [0.25, 0.3) is 0 Å². The van der Waals surface area contributed by atoms with E-state index in [1.165, 1.54) is 0 Å². The van der Waals surface area contributed by atoms with Crippen molar-refractivity contribution in [1.29, 1.82) is 0 Å². The van der Waals surface area contributed by atoms with E-state index >= 15 is 0 Å². The fourth-order valence-corrected chi connectivity index (χ4v) is 1.96. The van der Waals surface area contributed by atoms with Crippen molar-refractivity contribution in [2.75, 3.05) is 5.32 Å². The monoisotopic (exact) mass is 243 g/mol. The zero-order valence-corrected chi connectivity index (χ0v) is 9.77. The summed E-state index contributed by atoms with van der Waals surface area (Å²) >= 11 is 11.7. The van der Waals surface area contributed by atoms with Crippen molar-refractivity contribution in [2.45, 2.75) is 13.3 Å². The molecule has 1 aliphatic rings. The van der Waals surface area contributed by atoms with E-state index in [1.807, 2.05) is 0 Å². The zero-order valence-electron chi connectivity index (χ0n) is 8.26. The van der Waals surface area contributed by atoms with Gasteiger partial charge in [0.2, 0.25) is 5.91 Å². The Morgan fingerprint density at radius 1 is 1.47 bits per heavy atom. The highest BCUT2D eigenvalue weighted by molar-refractivity contribution is 6.36. The quantitative estimate of drug-likeness (QED) is 0.846. The van der Waals surface area contributed by atoms with Crippen LogP contribution in [0.25, 0.3) is 0 Å². The maximum absolute atomic E-state index is 11.6. The third-order valence-electron chi connectivity index (χ3n) is 2.64. The topological polar surface area (TPSA) is 29.1 Å². The van der Waals surface area contributed by atoms with Crippen molar-refractivity contribution in [3.05, 3.63) is 28.2 Å². The van der Waals surface area contributed by atoms with Crippen LogP contribution < -0.4 is 5.32 Å². The standard InChI is InChI=1S/C11H11Cl2NO/c1-6-4-8(6)11(15)14-10-3-2-7(12)5-9(10)13/h2-3,5-6,8H,4H2,1H3,(H,14,15). The number of nitrogens with one attached hydrogen (secondary N) is 1. The average molecular weight is 244 g/mol. The second-order valence-electron chi connectivity index (χ2n) is 3.93. The number of hydrogen-bond donors (Lipinski definition) is 1. The Morgan fingerprint density at radius 3 is 2.67 bits per heavy atom. The largest absolute Gasteiger partial charge is 0.325 e. The molecule has 0 saturated heterocycles. The van der Waals surface area contributed by atoms with E-state index in [-0.39, 0.29) is 11.8 Å². The van der Waals surface area contributed by atoms with Gasteiger partial charge in [-0.1, -0.05) is 30.1 Å². The smallest absolute Gasteiger partial charge is 0.227 e. The Labute approximate surface area is 98.6 Å². The lowest BCUT2D eigenvalue weighted by atomic mass is 10.3. The SMILES string of the molecule is CC1CC1C(=O)Nc1ccc(Cl)cc1Cl. The molecule has 2 nitrogen and oxygen atoms in total. The first-order valence-electron chi connectivity index (χ1n) is 4.84. The van der Waals surface area contributed by atoms with Crippen molar-refractivity contribution < 1.29 is 4.79 Å². The van der Waals surface area contributed by atoms with Crippen molar-refractivity contribution in [2.24, 2.45) is 11.8 Å². The summed E-state index contributed by atoms with van der Waals surface area (Å²) < 4.78 is 0. The third kappa shape index (κ3) is 2.44. The first-order chi connectivity index (χ1) is 7.08. The van der Waals surface area contributed by atoms with Crippen LogP contribution in [0.2, 0.25) is 10.0 Å². The van der Waals surface area contributed by atoms with Gasteiger partial charge in [-0.25, -0.2) is 0 Å². The van der Waals surface area contributed by atoms with E-state index in [4.69, 9.17) is 23.2 Å². The molecular weight excluding hydrogens is 233 g/mol. The van der Waals surface area contributed by atoms with Crippen LogP contribution in [0.5, 0.6) is 0 Å². The predicted molar refractivity (Wildman–Crippen MR) is 62.4 cm³/mol. The van der Waals surface area contributed by atoms with E-state index < -0.39 is 0 Å². The fourth-order valence-electron chi connectivity index (χ4n) is 1.50. The summed E-state index contributed by atoms with van der Waals surface area (Å²) in [5.74, 6) is 0.694. The average Bonchev–Trinajstić information content (AvgIpc) is 2.88. The van der Waals surface area contributed by atoms with E-state index in [2.05, 4.69) is 12.2 Å². The highest BCUT2D eigenvalue weighted by atomic mass is 35.5. The highest BCUT2D eigenvalue weighted by Crippen LogP contribution is 2.39. The van der Waals surface area contributed by atoms with Crippen LogP contribution >= 0.6 is 23.2 Å². The molecule has 0 spiro atoms. The molecule has 1 N–H and O–H groups in total.